The van der Waals surface area contributed by atoms with Crippen LogP contribution in [0.1, 0.15) is 6.42 Å². The van der Waals surface area contributed by atoms with Crippen LogP contribution in [0.3, 0.4) is 0 Å². The lowest BCUT2D eigenvalue weighted by atomic mass is 10.5. The van der Waals surface area contributed by atoms with Gasteiger partial charge in [0, 0.05) is 6.42 Å². The van der Waals surface area contributed by atoms with Crippen LogP contribution in [-0.4, -0.2) is 10.7 Å². The molecule has 0 bridgehead atoms. The van der Waals surface area contributed by atoms with Crippen LogP contribution in [0.4, 0.5) is 0 Å². The molecule has 0 radical (unpaired) electrons. The lowest BCUT2D eigenvalue weighted by molar-refractivity contribution is -0.252. The highest BCUT2D eigenvalue weighted by Crippen LogP contribution is 2.14. The summed E-state index contributed by atoms with van der Waals surface area (Å²) in [5.41, 5.74) is 0. The molecule has 1 unspecified atom stereocenters. The summed E-state index contributed by atoms with van der Waals surface area (Å²) in [7, 11) is 0. The molecule has 1 saturated heterocycles. The van der Waals surface area contributed by atoms with Crippen molar-refractivity contribution in [2.24, 2.45) is 0 Å². The fraction of sp³-hybridized carbons (Fsp3) is 1.00. The normalized spacial score (nSPS) is 34.5. The van der Waals surface area contributed by atoms with Crippen molar-refractivity contribution in [3.63, 3.8) is 0 Å². The summed E-state index contributed by atoms with van der Waals surface area (Å²) in [5, 5.41) is 0. The average molecular weight is 200 g/mol. The summed E-state index contributed by atoms with van der Waals surface area (Å²) in [6.45, 7) is 0.758. The van der Waals surface area contributed by atoms with E-state index in [9.17, 15) is 0 Å². The maximum atomic E-state index is 4.64. The Morgan fingerprint density at radius 1 is 1.67 bits per heavy atom. The summed E-state index contributed by atoms with van der Waals surface area (Å²) < 4.78 is 0.294. The first-order valence-electron chi connectivity index (χ1n) is 1.82. The van der Waals surface area contributed by atoms with Gasteiger partial charge in [0.05, 0.1) is 6.61 Å². The Morgan fingerprint density at radius 2 is 2.50 bits per heavy atom. The quantitative estimate of drug-likeness (QED) is 0.331. The fourth-order valence-corrected chi connectivity index (χ4v) is 0.712. The zero-order valence-electron chi connectivity index (χ0n) is 3.19. The van der Waals surface area contributed by atoms with E-state index in [1.807, 2.05) is 0 Å². The van der Waals surface area contributed by atoms with E-state index in [0.29, 0.717) is 4.11 Å². The highest BCUT2D eigenvalue weighted by atomic mass is 127. The Morgan fingerprint density at radius 3 is 2.67 bits per heavy atom. The van der Waals surface area contributed by atoms with Crippen LogP contribution < -0.4 is 0 Å². The fourth-order valence-electron chi connectivity index (χ4n) is 0.311. The van der Waals surface area contributed by atoms with Gasteiger partial charge in [-0.15, -0.1) is 0 Å². The van der Waals surface area contributed by atoms with Crippen molar-refractivity contribution in [2.45, 2.75) is 10.5 Å². The van der Waals surface area contributed by atoms with E-state index in [0.717, 1.165) is 13.0 Å². The van der Waals surface area contributed by atoms with Gasteiger partial charge in [-0.1, -0.05) is 0 Å². The van der Waals surface area contributed by atoms with Gasteiger partial charge >= 0.3 is 0 Å². The number of halogens is 1. The summed E-state index contributed by atoms with van der Waals surface area (Å²) >= 11 is 2.18. The van der Waals surface area contributed by atoms with Gasteiger partial charge < -0.3 is 0 Å². The zero-order valence-corrected chi connectivity index (χ0v) is 5.34. The largest absolute Gasteiger partial charge is 0.236 e. The molecule has 1 heterocycles. The smallest absolute Gasteiger partial charge is 0.146 e. The molecule has 1 rings (SSSR count). The van der Waals surface area contributed by atoms with Crippen molar-refractivity contribution in [2.75, 3.05) is 6.61 Å². The maximum Gasteiger partial charge on any atom is 0.146 e. The van der Waals surface area contributed by atoms with Crippen molar-refractivity contribution >= 4 is 22.6 Å². The monoisotopic (exact) mass is 200 g/mol. The molecule has 0 aromatic rings. The molecule has 36 valence electrons. The molecule has 0 aromatic carbocycles. The van der Waals surface area contributed by atoms with Gasteiger partial charge in [-0.05, 0) is 22.6 Å². The van der Waals surface area contributed by atoms with Gasteiger partial charge in [0.2, 0.25) is 0 Å². The molecule has 1 fully saturated rings. The minimum atomic E-state index is 0.294. The molecule has 1 atom stereocenters. The predicted octanol–water partition coefficient (Wildman–Crippen LogP) is 1.10. The van der Waals surface area contributed by atoms with Crippen LogP contribution in [-0.2, 0) is 9.78 Å². The van der Waals surface area contributed by atoms with E-state index >= 15 is 0 Å². The Kier molecular flexibility index (Phi) is 1.67. The average Bonchev–Trinajstić information content (AvgIpc) is 1.86. The van der Waals surface area contributed by atoms with Gasteiger partial charge in [-0.25, -0.2) is 9.78 Å². The standard InChI is InChI=1S/C3H5IO2/c4-3-1-2-5-6-3/h3H,1-2H2. The molecule has 0 amide bonds. The minimum Gasteiger partial charge on any atom is -0.236 e. The highest BCUT2D eigenvalue weighted by Gasteiger charge is 2.11. The second-order valence-corrected chi connectivity index (χ2v) is 2.51. The lowest BCUT2D eigenvalue weighted by Crippen LogP contribution is -1.87. The van der Waals surface area contributed by atoms with E-state index < -0.39 is 0 Å². The van der Waals surface area contributed by atoms with E-state index in [1.54, 1.807) is 0 Å². The second-order valence-electron chi connectivity index (χ2n) is 1.12. The molecule has 1 aliphatic heterocycles. The Balaban J connectivity index is 2.18. The molecular weight excluding hydrogens is 195 g/mol. The zero-order chi connectivity index (χ0) is 4.41. The maximum absolute atomic E-state index is 4.64. The second kappa shape index (κ2) is 2.09. The third kappa shape index (κ3) is 1.06. The first-order chi connectivity index (χ1) is 2.89. The molecular formula is C3H5IO2. The number of rotatable bonds is 0. The summed E-state index contributed by atoms with van der Waals surface area (Å²) in [6, 6.07) is 0. The van der Waals surface area contributed by atoms with Gasteiger partial charge in [0.25, 0.3) is 0 Å². The van der Waals surface area contributed by atoms with Crippen molar-refractivity contribution in [1.29, 1.82) is 0 Å². The van der Waals surface area contributed by atoms with Crippen LogP contribution in [0.15, 0.2) is 0 Å². The molecule has 1 aliphatic rings. The summed E-state index contributed by atoms with van der Waals surface area (Å²) in [6.07, 6.45) is 1.03. The van der Waals surface area contributed by atoms with Crippen molar-refractivity contribution < 1.29 is 9.78 Å². The Labute approximate surface area is 49.9 Å². The van der Waals surface area contributed by atoms with Crippen LogP contribution in [0.5, 0.6) is 0 Å². The van der Waals surface area contributed by atoms with Crippen LogP contribution >= 0.6 is 22.6 Å². The number of hydrogen-bond donors (Lipinski definition) is 0. The molecule has 0 aromatic heterocycles. The van der Waals surface area contributed by atoms with Crippen molar-refractivity contribution in [3.8, 4) is 0 Å². The third-order valence-electron chi connectivity index (χ3n) is 0.601. The molecule has 0 saturated carbocycles. The van der Waals surface area contributed by atoms with Crippen molar-refractivity contribution in [3.05, 3.63) is 0 Å². The van der Waals surface area contributed by atoms with Crippen LogP contribution in [0.2, 0.25) is 0 Å². The number of hydrogen-bond acceptors (Lipinski definition) is 2. The molecule has 0 aliphatic carbocycles. The molecule has 0 spiro atoms. The van der Waals surface area contributed by atoms with Gasteiger partial charge in [-0.3, -0.25) is 0 Å². The molecule has 2 nitrogen and oxygen atoms in total. The lowest BCUT2D eigenvalue weighted by Gasteiger charge is -1.88. The Hall–Kier alpha value is 0.650. The molecule has 0 N–H and O–H groups in total. The summed E-state index contributed by atoms with van der Waals surface area (Å²) in [5.74, 6) is 0. The minimum absolute atomic E-state index is 0.294. The van der Waals surface area contributed by atoms with Gasteiger partial charge in [0.15, 0.2) is 0 Å². The van der Waals surface area contributed by atoms with Crippen LogP contribution in [0, 0.1) is 0 Å². The number of alkyl halides is 1. The van der Waals surface area contributed by atoms with E-state index in [2.05, 4.69) is 32.4 Å². The summed E-state index contributed by atoms with van der Waals surface area (Å²) in [4.78, 5) is 9.19. The van der Waals surface area contributed by atoms with E-state index in [1.165, 1.54) is 0 Å². The first kappa shape index (κ1) is 4.80. The van der Waals surface area contributed by atoms with Crippen LogP contribution in [0.25, 0.3) is 0 Å². The molecule has 6 heavy (non-hydrogen) atoms. The SMILES string of the molecule is IC1CCOO1. The topological polar surface area (TPSA) is 18.5 Å². The van der Waals surface area contributed by atoms with E-state index in [-0.39, 0.29) is 0 Å². The first-order valence-corrected chi connectivity index (χ1v) is 3.06. The van der Waals surface area contributed by atoms with Gasteiger partial charge in [-0.2, -0.15) is 0 Å². The highest BCUT2D eigenvalue weighted by molar-refractivity contribution is 14.1. The molecule has 3 heteroatoms. The van der Waals surface area contributed by atoms with Gasteiger partial charge in [0.1, 0.15) is 4.11 Å². The predicted molar refractivity (Wildman–Crippen MR) is 29.5 cm³/mol. The van der Waals surface area contributed by atoms with Crippen molar-refractivity contribution in [1.82, 2.24) is 0 Å². The van der Waals surface area contributed by atoms with E-state index in [4.69, 9.17) is 0 Å². The Bertz CT molecular complexity index is 42.1. The third-order valence-corrected chi connectivity index (χ3v) is 1.43.